The zero-order valence-corrected chi connectivity index (χ0v) is 22.2. The van der Waals surface area contributed by atoms with Crippen molar-refractivity contribution in [2.24, 2.45) is 5.92 Å². The Balaban J connectivity index is 1.61. The van der Waals surface area contributed by atoms with Crippen LogP contribution < -0.4 is 14.9 Å². The molecule has 1 saturated heterocycles. The smallest absolute Gasteiger partial charge is 0.232 e. The topological polar surface area (TPSA) is 116 Å². The molecule has 1 aromatic carbocycles. The highest BCUT2D eigenvalue weighted by molar-refractivity contribution is 7.92. The minimum absolute atomic E-state index is 0.0798. The van der Waals surface area contributed by atoms with Gasteiger partial charge in [-0.1, -0.05) is 6.92 Å². The Morgan fingerprint density at radius 2 is 1.89 bits per heavy atom. The Hall–Kier alpha value is -3.19. The van der Waals surface area contributed by atoms with Crippen LogP contribution in [0.4, 0.5) is 31.9 Å². The maximum absolute atomic E-state index is 15.2. The number of hydrogen-bond acceptors (Lipinski definition) is 9. The van der Waals surface area contributed by atoms with Gasteiger partial charge in [-0.2, -0.15) is 0 Å². The molecule has 1 aliphatic rings. The number of nitrogens with zero attached hydrogens (tertiary/aromatic N) is 6. The van der Waals surface area contributed by atoms with Gasteiger partial charge in [0.2, 0.25) is 16.0 Å². The molecular weight excluding hydrogens is 502 g/mol. The van der Waals surface area contributed by atoms with Gasteiger partial charge >= 0.3 is 0 Å². The third kappa shape index (κ3) is 6.04. The minimum Gasteiger partial charge on any atom is -0.341 e. The van der Waals surface area contributed by atoms with Gasteiger partial charge in [0.25, 0.3) is 0 Å². The van der Waals surface area contributed by atoms with Crippen LogP contribution in [-0.4, -0.2) is 72.2 Å². The number of anilines is 4. The van der Waals surface area contributed by atoms with E-state index in [1.54, 1.807) is 13.1 Å². The quantitative estimate of drug-likeness (QED) is 0.423. The van der Waals surface area contributed by atoms with Crippen LogP contribution in [0.25, 0.3) is 11.0 Å². The summed E-state index contributed by atoms with van der Waals surface area (Å²) < 4.78 is 56.3. The van der Waals surface area contributed by atoms with Crippen LogP contribution in [-0.2, 0) is 10.0 Å². The molecular formula is C24H32F2N8O2S. The Morgan fingerprint density at radius 1 is 1.16 bits per heavy atom. The van der Waals surface area contributed by atoms with E-state index >= 15 is 4.39 Å². The fourth-order valence-electron chi connectivity index (χ4n) is 4.44. The molecule has 0 saturated carbocycles. The van der Waals surface area contributed by atoms with Crippen LogP contribution in [0.5, 0.6) is 0 Å². The van der Waals surface area contributed by atoms with E-state index < -0.39 is 27.3 Å². The normalized spacial score (nSPS) is 15.8. The van der Waals surface area contributed by atoms with Crippen LogP contribution in [0.2, 0.25) is 0 Å². The first-order chi connectivity index (χ1) is 17.6. The van der Waals surface area contributed by atoms with E-state index in [0.717, 1.165) is 38.1 Å². The Bertz CT molecular complexity index is 1360. The molecule has 2 aromatic heterocycles. The summed E-state index contributed by atoms with van der Waals surface area (Å²) in [6.07, 6.45) is 5.14. The molecule has 3 heterocycles. The summed E-state index contributed by atoms with van der Waals surface area (Å²) in [5.74, 6) is -1.04. The summed E-state index contributed by atoms with van der Waals surface area (Å²) in [6, 6.07) is 2.50. The maximum Gasteiger partial charge on any atom is 0.232 e. The predicted molar refractivity (Wildman–Crippen MR) is 141 cm³/mol. The predicted octanol–water partition coefficient (Wildman–Crippen LogP) is 3.76. The second kappa shape index (κ2) is 11.1. The second-order valence-corrected chi connectivity index (χ2v) is 11.3. The van der Waals surface area contributed by atoms with Gasteiger partial charge in [-0.15, -0.1) is 0 Å². The molecule has 37 heavy (non-hydrogen) atoms. The van der Waals surface area contributed by atoms with Crippen LogP contribution in [0.15, 0.2) is 24.7 Å². The molecule has 1 fully saturated rings. The number of benzene rings is 1. The average Bonchev–Trinajstić information content (AvgIpc) is 2.87. The van der Waals surface area contributed by atoms with Crippen molar-refractivity contribution >= 4 is 44.2 Å². The highest BCUT2D eigenvalue weighted by Gasteiger charge is 2.27. The molecule has 0 aliphatic carbocycles. The lowest BCUT2D eigenvalue weighted by atomic mass is 9.90. The van der Waals surface area contributed by atoms with Crippen molar-refractivity contribution < 1.29 is 17.2 Å². The molecule has 3 aromatic rings. The molecule has 0 bridgehead atoms. The lowest BCUT2D eigenvalue weighted by Crippen LogP contribution is -2.42. The highest BCUT2D eigenvalue weighted by Crippen LogP contribution is 2.31. The number of piperidine rings is 1. The summed E-state index contributed by atoms with van der Waals surface area (Å²) in [6.45, 7) is 5.49. The summed E-state index contributed by atoms with van der Waals surface area (Å²) in [4.78, 5) is 21.7. The molecule has 0 amide bonds. The van der Waals surface area contributed by atoms with Crippen LogP contribution in [0.3, 0.4) is 0 Å². The lowest BCUT2D eigenvalue weighted by Gasteiger charge is -2.37. The maximum atomic E-state index is 15.2. The Labute approximate surface area is 215 Å². The second-order valence-electron chi connectivity index (χ2n) is 9.48. The van der Waals surface area contributed by atoms with Crippen molar-refractivity contribution in [2.75, 3.05) is 47.9 Å². The van der Waals surface area contributed by atoms with Crippen LogP contribution >= 0.6 is 0 Å². The number of sulfonamides is 1. The van der Waals surface area contributed by atoms with Gasteiger partial charge < -0.3 is 15.1 Å². The molecule has 10 nitrogen and oxygen atoms in total. The summed E-state index contributed by atoms with van der Waals surface area (Å²) in [5, 5.41) is 2.66. The number of rotatable bonds is 9. The standard InChI is InChI=1S/C24H32F2N8O2S/c1-5-12-37(35,36)32-18-7-6-17(25)21(20(18)26)30-23-22-19(28-14-29-23)13-27-24(31-22)34-10-8-16(9-11-34)15(2)33(3)4/h6-7,13-16,32H,5,8-12H2,1-4H3,(H,28,29,30). The number of hydrogen-bond donors (Lipinski definition) is 2. The first kappa shape index (κ1) is 26.9. The minimum atomic E-state index is -3.77. The zero-order chi connectivity index (χ0) is 26.7. The number of halogens is 2. The van der Waals surface area contributed by atoms with E-state index in [1.165, 1.54) is 6.33 Å². The van der Waals surface area contributed by atoms with E-state index in [0.29, 0.717) is 35.4 Å². The summed E-state index contributed by atoms with van der Waals surface area (Å²) >= 11 is 0. The van der Waals surface area contributed by atoms with Crippen molar-refractivity contribution in [1.29, 1.82) is 0 Å². The van der Waals surface area contributed by atoms with Crippen molar-refractivity contribution in [3.8, 4) is 0 Å². The van der Waals surface area contributed by atoms with Crippen molar-refractivity contribution in [1.82, 2.24) is 24.8 Å². The largest absolute Gasteiger partial charge is 0.341 e. The van der Waals surface area contributed by atoms with Crippen LogP contribution in [0, 0.1) is 17.6 Å². The van der Waals surface area contributed by atoms with Gasteiger partial charge in [0.05, 0.1) is 17.6 Å². The van der Waals surface area contributed by atoms with Gasteiger partial charge in [-0.25, -0.2) is 37.1 Å². The first-order valence-electron chi connectivity index (χ1n) is 12.2. The van der Waals surface area contributed by atoms with E-state index in [1.807, 2.05) is 0 Å². The van der Waals surface area contributed by atoms with E-state index in [2.05, 4.69) is 60.8 Å². The molecule has 200 valence electrons. The fraction of sp³-hybridized carbons (Fsp3) is 0.500. The number of fused-ring (bicyclic) bond motifs is 1. The van der Waals surface area contributed by atoms with E-state index in [4.69, 9.17) is 0 Å². The van der Waals surface area contributed by atoms with Crippen molar-refractivity contribution in [2.45, 2.75) is 39.2 Å². The molecule has 0 radical (unpaired) electrons. The molecule has 13 heteroatoms. The fourth-order valence-corrected chi connectivity index (χ4v) is 5.58. The molecule has 0 spiro atoms. The van der Waals surface area contributed by atoms with E-state index in [9.17, 15) is 12.8 Å². The van der Waals surface area contributed by atoms with Crippen molar-refractivity contribution in [3.63, 3.8) is 0 Å². The molecule has 1 unspecified atom stereocenters. The zero-order valence-electron chi connectivity index (χ0n) is 21.4. The molecule has 1 aliphatic heterocycles. The lowest BCUT2D eigenvalue weighted by molar-refractivity contribution is 0.198. The first-order valence-corrected chi connectivity index (χ1v) is 13.9. The van der Waals surface area contributed by atoms with Crippen LogP contribution in [0.1, 0.15) is 33.1 Å². The number of nitrogens with one attached hydrogen (secondary N) is 2. The highest BCUT2D eigenvalue weighted by atomic mass is 32.2. The van der Waals surface area contributed by atoms with Gasteiger partial charge in [-0.3, -0.25) is 4.72 Å². The van der Waals surface area contributed by atoms with Gasteiger partial charge in [0.1, 0.15) is 28.9 Å². The molecule has 4 rings (SSSR count). The summed E-state index contributed by atoms with van der Waals surface area (Å²) in [5.41, 5.74) is -0.207. The molecule has 1 atom stereocenters. The van der Waals surface area contributed by atoms with E-state index in [-0.39, 0.29) is 17.3 Å². The Morgan fingerprint density at radius 3 is 2.57 bits per heavy atom. The average molecular weight is 535 g/mol. The SMILES string of the molecule is CCCS(=O)(=O)Nc1ccc(F)c(Nc2ncnc3cnc(N4CCC(C(C)N(C)C)CC4)nc23)c1F. The molecule has 2 N–H and O–H groups in total. The van der Waals surface area contributed by atoms with Gasteiger partial charge in [-0.05, 0) is 58.3 Å². The third-order valence-electron chi connectivity index (χ3n) is 6.76. The number of aromatic nitrogens is 4. The van der Waals surface area contributed by atoms with Gasteiger partial charge in [0.15, 0.2) is 11.6 Å². The summed E-state index contributed by atoms with van der Waals surface area (Å²) in [7, 11) is 0.394. The van der Waals surface area contributed by atoms with Crippen molar-refractivity contribution in [3.05, 3.63) is 36.3 Å². The monoisotopic (exact) mass is 534 g/mol. The Kier molecular flexibility index (Phi) is 8.02. The van der Waals surface area contributed by atoms with Gasteiger partial charge in [0, 0.05) is 19.1 Å². The third-order valence-corrected chi connectivity index (χ3v) is 8.23.